The average Bonchev–Trinajstić information content (AvgIpc) is 2.26. The molecule has 1 amide bonds. The molecular formula is C11H15NO2. The number of rotatable bonds is 4. The summed E-state index contributed by atoms with van der Waals surface area (Å²) in [6, 6.07) is 9.47. The first-order valence-corrected chi connectivity index (χ1v) is 4.68. The lowest BCUT2D eigenvalue weighted by Gasteiger charge is -2.16. The Balaban J connectivity index is 2.57. The molecule has 0 fully saturated rings. The van der Waals surface area contributed by atoms with E-state index in [1.165, 1.54) is 0 Å². The van der Waals surface area contributed by atoms with Crippen molar-refractivity contribution in [2.24, 2.45) is 0 Å². The number of carbonyl (C=O) groups excluding carboxylic acids is 1. The lowest BCUT2D eigenvalue weighted by Crippen LogP contribution is -2.25. The van der Waals surface area contributed by atoms with Crippen molar-refractivity contribution in [3.8, 4) is 0 Å². The Labute approximate surface area is 84.0 Å². The van der Waals surface area contributed by atoms with E-state index in [0.29, 0.717) is 12.8 Å². The van der Waals surface area contributed by atoms with Crippen LogP contribution >= 0.6 is 0 Å². The number of anilines is 1. The first kappa shape index (κ1) is 10.7. The molecule has 0 radical (unpaired) electrons. The molecule has 0 aliphatic rings. The van der Waals surface area contributed by atoms with E-state index in [2.05, 4.69) is 0 Å². The summed E-state index contributed by atoms with van der Waals surface area (Å²) in [5.41, 5.74) is 0.885. The second-order valence-electron chi connectivity index (χ2n) is 3.12. The highest BCUT2D eigenvalue weighted by atomic mass is 16.3. The average molecular weight is 193 g/mol. The van der Waals surface area contributed by atoms with Gasteiger partial charge in [0, 0.05) is 25.8 Å². The van der Waals surface area contributed by atoms with E-state index < -0.39 is 0 Å². The Hall–Kier alpha value is -1.35. The third-order valence-corrected chi connectivity index (χ3v) is 2.07. The highest BCUT2D eigenvalue weighted by molar-refractivity contribution is 5.92. The summed E-state index contributed by atoms with van der Waals surface area (Å²) in [6.07, 6.45) is 0.915. The number of para-hydroxylation sites is 1. The van der Waals surface area contributed by atoms with E-state index >= 15 is 0 Å². The van der Waals surface area contributed by atoms with Gasteiger partial charge in [-0.25, -0.2) is 0 Å². The van der Waals surface area contributed by atoms with Crippen LogP contribution in [0.1, 0.15) is 12.8 Å². The van der Waals surface area contributed by atoms with Crippen LogP contribution in [0.3, 0.4) is 0 Å². The van der Waals surface area contributed by atoms with Crippen LogP contribution < -0.4 is 4.90 Å². The standard InChI is InChI=1S/C11H15NO2/c1-12(11(14)8-5-9-13)10-6-3-2-4-7-10/h2-4,6-7,13H,5,8-9H2,1H3. The van der Waals surface area contributed by atoms with Crippen LogP contribution in [0.15, 0.2) is 30.3 Å². The van der Waals surface area contributed by atoms with Crippen LogP contribution in [-0.2, 0) is 4.79 Å². The van der Waals surface area contributed by atoms with Crippen LogP contribution in [0.5, 0.6) is 0 Å². The van der Waals surface area contributed by atoms with Crippen molar-refractivity contribution in [3.05, 3.63) is 30.3 Å². The molecule has 1 aromatic carbocycles. The Kier molecular flexibility index (Phi) is 4.13. The second kappa shape index (κ2) is 5.40. The second-order valence-corrected chi connectivity index (χ2v) is 3.12. The fraction of sp³-hybridized carbons (Fsp3) is 0.364. The minimum absolute atomic E-state index is 0.0326. The molecular weight excluding hydrogens is 178 g/mol. The fourth-order valence-corrected chi connectivity index (χ4v) is 1.19. The third-order valence-electron chi connectivity index (χ3n) is 2.07. The van der Waals surface area contributed by atoms with E-state index in [9.17, 15) is 4.79 Å². The van der Waals surface area contributed by atoms with Gasteiger partial charge in [-0.05, 0) is 18.6 Å². The van der Waals surface area contributed by atoms with Crippen molar-refractivity contribution in [2.45, 2.75) is 12.8 Å². The molecule has 0 aliphatic heterocycles. The Morgan fingerprint density at radius 1 is 1.36 bits per heavy atom. The molecule has 1 N–H and O–H groups in total. The molecule has 0 bridgehead atoms. The van der Waals surface area contributed by atoms with E-state index in [1.807, 2.05) is 30.3 Å². The van der Waals surface area contributed by atoms with Crippen molar-refractivity contribution in [1.29, 1.82) is 0 Å². The van der Waals surface area contributed by atoms with Crippen molar-refractivity contribution in [2.75, 3.05) is 18.6 Å². The van der Waals surface area contributed by atoms with Gasteiger partial charge in [0.2, 0.25) is 5.91 Å². The van der Waals surface area contributed by atoms with Crippen LogP contribution in [0, 0.1) is 0 Å². The highest BCUT2D eigenvalue weighted by Gasteiger charge is 2.08. The smallest absolute Gasteiger partial charge is 0.226 e. The number of hydrogen-bond acceptors (Lipinski definition) is 2. The summed E-state index contributed by atoms with van der Waals surface area (Å²) >= 11 is 0. The zero-order valence-corrected chi connectivity index (χ0v) is 8.31. The maximum absolute atomic E-state index is 11.5. The Bertz CT molecular complexity index is 285. The monoisotopic (exact) mass is 193 g/mol. The van der Waals surface area contributed by atoms with Gasteiger partial charge < -0.3 is 10.0 Å². The molecule has 0 aliphatic carbocycles. The molecule has 0 heterocycles. The van der Waals surface area contributed by atoms with Crippen molar-refractivity contribution >= 4 is 11.6 Å². The zero-order valence-electron chi connectivity index (χ0n) is 8.31. The normalized spacial score (nSPS) is 9.86. The summed E-state index contributed by atoms with van der Waals surface area (Å²) in [7, 11) is 1.75. The van der Waals surface area contributed by atoms with Crippen molar-refractivity contribution in [1.82, 2.24) is 0 Å². The number of aliphatic hydroxyl groups excluding tert-OH is 1. The highest BCUT2D eigenvalue weighted by Crippen LogP contribution is 2.12. The van der Waals surface area contributed by atoms with Gasteiger partial charge in [0.1, 0.15) is 0 Å². The predicted molar refractivity (Wildman–Crippen MR) is 56.2 cm³/mol. The van der Waals surface area contributed by atoms with E-state index in [-0.39, 0.29) is 12.5 Å². The quantitative estimate of drug-likeness (QED) is 0.785. The SMILES string of the molecule is CN(C(=O)CCCO)c1ccccc1. The molecule has 0 saturated heterocycles. The van der Waals surface area contributed by atoms with Gasteiger partial charge in [-0.2, -0.15) is 0 Å². The Morgan fingerprint density at radius 3 is 2.57 bits per heavy atom. The van der Waals surface area contributed by atoms with Gasteiger partial charge >= 0.3 is 0 Å². The molecule has 3 heteroatoms. The molecule has 0 saturated carbocycles. The summed E-state index contributed by atoms with van der Waals surface area (Å²) in [5, 5.41) is 8.60. The lowest BCUT2D eigenvalue weighted by molar-refractivity contribution is -0.118. The van der Waals surface area contributed by atoms with E-state index in [1.54, 1.807) is 11.9 Å². The van der Waals surface area contributed by atoms with Crippen molar-refractivity contribution in [3.63, 3.8) is 0 Å². The fourth-order valence-electron chi connectivity index (χ4n) is 1.19. The number of hydrogen-bond donors (Lipinski definition) is 1. The predicted octanol–water partition coefficient (Wildman–Crippen LogP) is 1.42. The van der Waals surface area contributed by atoms with Crippen LogP contribution in [0.4, 0.5) is 5.69 Å². The van der Waals surface area contributed by atoms with E-state index in [4.69, 9.17) is 5.11 Å². The number of amides is 1. The molecule has 14 heavy (non-hydrogen) atoms. The van der Waals surface area contributed by atoms with Gasteiger partial charge in [-0.15, -0.1) is 0 Å². The molecule has 0 unspecified atom stereocenters. The molecule has 0 spiro atoms. The van der Waals surface area contributed by atoms with Gasteiger partial charge in [0.05, 0.1) is 0 Å². The van der Waals surface area contributed by atoms with E-state index in [0.717, 1.165) is 5.69 Å². The summed E-state index contributed by atoms with van der Waals surface area (Å²) in [6.45, 7) is 0.0639. The van der Waals surface area contributed by atoms with Gasteiger partial charge in [-0.3, -0.25) is 4.79 Å². The topological polar surface area (TPSA) is 40.5 Å². The van der Waals surface area contributed by atoms with Crippen LogP contribution in [0.2, 0.25) is 0 Å². The largest absolute Gasteiger partial charge is 0.396 e. The minimum atomic E-state index is 0.0326. The number of nitrogens with zero attached hydrogens (tertiary/aromatic N) is 1. The maximum atomic E-state index is 11.5. The molecule has 0 atom stereocenters. The molecule has 0 aromatic heterocycles. The van der Waals surface area contributed by atoms with Crippen molar-refractivity contribution < 1.29 is 9.90 Å². The number of carbonyl (C=O) groups is 1. The lowest BCUT2D eigenvalue weighted by atomic mass is 10.2. The summed E-state index contributed by atoms with van der Waals surface area (Å²) in [4.78, 5) is 13.1. The molecule has 3 nitrogen and oxygen atoms in total. The first-order chi connectivity index (χ1) is 6.75. The number of aliphatic hydroxyl groups is 1. The van der Waals surface area contributed by atoms with Crippen LogP contribution in [-0.4, -0.2) is 24.7 Å². The zero-order chi connectivity index (χ0) is 10.4. The summed E-state index contributed by atoms with van der Waals surface area (Å²) in [5.74, 6) is 0.0326. The van der Waals surface area contributed by atoms with Gasteiger partial charge in [0.25, 0.3) is 0 Å². The molecule has 1 aromatic rings. The first-order valence-electron chi connectivity index (χ1n) is 4.68. The van der Waals surface area contributed by atoms with Gasteiger partial charge in [-0.1, -0.05) is 18.2 Å². The Morgan fingerprint density at radius 2 is 2.00 bits per heavy atom. The van der Waals surface area contributed by atoms with Gasteiger partial charge in [0.15, 0.2) is 0 Å². The van der Waals surface area contributed by atoms with Crippen LogP contribution in [0.25, 0.3) is 0 Å². The summed E-state index contributed by atoms with van der Waals surface area (Å²) < 4.78 is 0. The molecule has 76 valence electrons. The maximum Gasteiger partial charge on any atom is 0.226 e. The number of benzene rings is 1. The minimum Gasteiger partial charge on any atom is -0.396 e. The third kappa shape index (κ3) is 2.85. The molecule has 1 rings (SSSR count).